The molecule has 254 valence electrons. The lowest BCUT2D eigenvalue weighted by atomic mass is 10.0. The van der Waals surface area contributed by atoms with Gasteiger partial charge in [0.15, 0.2) is 0 Å². The van der Waals surface area contributed by atoms with Crippen LogP contribution in [0.4, 0.5) is 10.1 Å². The van der Waals surface area contributed by atoms with Crippen LogP contribution in [0.15, 0.2) is 64.7 Å². The molecule has 0 spiro atoms. The Labute approximate surface area is 279 Å². The van der Waals surface area contributed by atoms with E-state index in [1.165, 1.54) is 24.0 Å². The normalized spacial score (nSPS) is 13.2. The molecule has 2 aromatic carbocycles. The van der Waals surface area contributed by atoms with E-state index in [0.717, 1.165) is 0 Å². The Morgan fingerprint density at radius 2 is 1.79 bits per heavy atom. The SMILES string of the molecule is CCN(C(=O)C(C#N)=CC(C)C)c1cccc(C[C@H](NC(=O)[C@@H](NC(=O)c2cc(C)no2)[C@@H](C)O)C(=O)NCc2ccc(C)cc2F)c1. The summed E-state index contributed by atoms with van der Waals surface area (Å²) in [7, 11) is 0. The third kappa shape index (κ3) is 10.1. The minimum absolute atomic E-state index is 0.00295. The van der Waals surface area contributed by atoms with Gasteiger partial charge in [0.1, 0.15) is 29.5 Å². The zero-order valence-electron chi connectivity index (χ0n) is 27.8. The standard InChI is InChI=1S/C35H41FN6O6/c1-7-42(35(47)26(18-37)13-20(2)3)27-10-8-9-24(16-27)17-29(32(44)38-19-25-12-11-21(4)14-28(25)36)39-34(46)31(23(6)43)40-33(45)30-15-22(5)41-48-30/h8-16,20,23,29,31,43H,7,17,19H2,1-6H3,(H,38,44)(H,39,46)(H,40,45)/t23-,29+,31+/m1/s1. The number of aliphatic hydroxyl groups is 1. The van der Waals surface area contributed by atoms with E-state index in [2.05, 4.69) is 21.1 Å². The summed E-state index contributed by atoms with van der Waals surface area (Å²) >= 11 is 0. The van der Waals surface area contributed by atoms with E-state index < -0.39 is 47.6 Å². The molecule has 13 heteroatoms. The number of nitrogens with one attached hydrogen (secondary N) is 3. The average molecular weight is 661 g/mol. The van der Waals surface area contributed by atoms with Gasteiger partial charge in [-0.2, -0.15) is 5.26 Å². The van der Waals surface area contributed by atoms with Gasteiger partial charge in [0.05, 0.1) is 11.8 Å². The van der Waals surface area contributed by atoms with Crippen LogP contribution in [0.1, 0.15) is 60.6 Å². The molecule has 4 N–H and O–H groups in total. The van der Waals surface area contributed by atoms with Crippen molar-refractivity contribution in [2.75, 3.05) is 11.4 Å². The molecule has 3 aromatic rings. The Morgan fingerprint density at radius 1 is 1.06 bits per heavy atom. The molecule has 0 radical (unpaired) electrons. The summed E-state index contributed by atoms with van der Waals surface area (Å²) in [5, 5.41) is 31.3. The highest BCUT2D eigenvalue weighted by molar-refractivity contribution is 6.08. The Bertz CT molecular complexity index is 1710. The van der Waals surface area contributed by atoms with Gasteiger partial charge in [-0.3, -0.25) is 19.2 Å². The molecule has 12 nitrogen and oxygen atoms in total. The topological polar surface area (TPSA) is 178 Å². The molecule has 1 aromatic heterocycles. The summed E-state index contributed by atoms with van der Waals surface area (Å²) in [6.07, 6.45) is 0.133. The van der Waals surface area contributed by atoms with E-state index in [-0.39, 0.29) is 42.3 Å². The third-order valence-corrected chi connectivity index (χ3v) is 7.27. The number of amides is 4. The van der Waals surface area contributed by atoms with Crippen molar-refractivity contribution in [3.05, 3.63) is 94.1 Å². The van der Waals surface area contributed by atoms with Crippen LogP contribution in [0.3, 0.4) is 0 Å². The number of rotatable bonds is 14. The highest BCUT2D eigenvalue weighted by Crippen LogP contribution is 2.20. The summed E-state index contributed by atoms with van der Waals surface area (Å²) < 4.78 is 19.5. The van der Waals surface area contributed by atoms with Crippen molar-refractivity contribution >= 4 is 29.3 Å². The first-order chi connectivity index (χ1) is 22.7. The van der Waals surface area contributed by atoms with Crippen molar-refractivity contribution < 1.29 is 33.2 Å². The van der Waals surface area contributed by atoms with Gasteiger partial charge < -0.3 is 30.5 Å². The Hall–Kier alpha value is -5.35. The van der Waals surface area contributed by atoms with Crippen molar-refractivity contribution in [3.63, 3.8) is 0 Å². The highest BCUT2D eigenvalue weighted by atomic mass is 19.1. The number of halogens is 1. The highest BCUT2D eigenvalue weighted by Gasteiger charge is 2.31. The summed E-state index contributed by atoms with van der Waals surface area (Å²) in [4.78, 5) is 54.4. The van der Waals surface area contributed by atoms with Gasteiger partial charge in [0.25, 0.3) is 11.8 Å². The average Bonchev–Trinajstić information content (AvgIpc) is 3.48. The predicted molar refractivity (Wildman–Crippen MR) is 176 cm³/mol. The summed E-state index contributed by atoms with van der Waals surface area (Å²) in [5.74, 6) is -3.51. The second-order valence-corrected chi connectivity index (χ2v) is 11.8. The van der Waals surface area contributed by atoms with Crippen molar-refractivity contribution in [1.82, 2.24) is 21.1 Å². The number of benzene rings is 2. The molecule has 0 aliphatic heterocycles. The van der Waals surface area contributed by atoms with Gasteiger partial charge >= 0.3 is 0 Å². The number of aliphatic hydroxyl groups excluding tert-OH is 1. The quantitative estimate of drug-likeness (QED) is 0.150. The predicted octanol–water partition coefficient (Wildman–Crippen LogP) is 3.41. The van der Waals surface area contributed by atoms with E-state index in [9.17, 15) is 33.9 Å². The molecule has 1 heterocycles. The van der Waals surface area contributed by atoms with Crippen LogP contribution in [0.25, 0.3) is 0 Å². The minimum atomic E-state index is -1.48. The summed E-state index contributed by atoms with van der Waals surface area (Å²) in [5.41, 5.74) is 2.38. The number of aromatic nitrogens is 1. The molecular weight excluding hydrogens is 619 g/mol. The van der Waals surface area contributed by atoms with Crippen LogP contribution in [0.2, 0.25) is 0 Å². The first-order valence-corrected chi connectivity index (χ1v) is 15.5. The molecule has 3 atom stereocenters. The number of anilines is 1. The minimum Gasteiger partial charge on any atom is -0.391 e. The maximum absolute atomic E-state index is 14.5. The van der Waals surface area contributed by atoms with E-state index in [1.54, 1.807) is 63.2 Å². The molecule has 0 aliphatic carbocycles. The molecule has 0 saturated carbocycles. The van der Waals surface area contributed by atoms with Crippen LogP contribution < -0.4 is 20.9 Å². The molecule has 0 unspecified atom stereocenters. The van der Waals surface area contributed by atoms with E-state index in [4.69, 9.17) is 4.52 Å². The number of aryl methyl sites for hydroxylation is 2. The van der Waals surface area contributed by atoms with Crippen molar-refractivity contribution in [2.24, 2.45) is 5.92 Å². The van der Waals surface area contributed by atoms with Crippen LogP contribution in [-0.4, -0.2) is 58.6 Å². The molecule has 4 amide bonds. The maximum Gasteiger partial charge on any atom is 0.290 e. The Balaban J connectivity index is 1.90. The van der Waals surface area contributed by atoms with Crippen LogP contribution in [0, 0.1) is 36.9 Å². The Kier molecular flexibility index (Phi) is 13.1. The molecular formula is C35H41FN6O6. The van der Waals surface area contributed by atoms with Gasteiger partial charge in [-0.05, 0) is 62.9 Å². The van der Waals surface area contributed by atoms with Crippen LogP contribution >= 0.6 is 0 Å². The van der Waals surface area contributed by atoms with E-state index in [1.807, 2.05) is 19.9 Å². The van der Waals surface area contributed by atoms with Gasteiger partial charge in [-0.1, -0.05) is 49.3 Å². The van der Waals surface area contributed by atoms with Gasteiger partial charge in [-0.15, -0.1) is 0 Å². The van der Waals surface area contributed by atoms with Crippen molar-refractivity contribution in [2.45, 2.75) is 72.7 Å². The number of likely N-dealkylation sites (N-methyl/N-ethyl adjacent to an activating group) is 1. The second-order valence-electron chi connectivity index (χ2n) is 11.8. The third-order valence-electron chi connectivity index (χ3n) is 7.27. The maximum atomic E-state index is 14.5. The molecule has 0 aliphatic rings. The number of allylic oxidation sites excluding steroid dienone is 1. The molecule has 0 bridgehead atoms. The molecule has 0 saturated heterocycles. The number of nitrogens with zero attached hydrogens (tertiary/aromatic N) is 3. The first kappa shape index (κ1) is 37.1. The monoisotopic (exact) mass is 660 g/mol. The zero-order chi connectivity index (χ0) is 35.5. The number of nitriles is 1. The second kappa shape index (κ2) is 17.0. The molecule has 0 fully saturated rings. The number of carbonyl (C=O) groups excluding carboxylic acids is 4. The van der Waals surface area contributed by atoms with E-state index in [0.29, 0.717) is 22.5 Å². The fraction of sp³-hybridized carbons (Fsp3) is 0.371. The van der Waals surface area contributed by atoms with Crippen molar-refractivity contribution in [3.8, 4) is 6.07 Å². The van der Waals surface area contributed by atoms with Gasteiger partial charge in [0.2, 0.25) is 17.6 Å². The lowest BCUT2D eigenvalue weighted by molar-refractivity contribution is -0.131. The smallest absolute Gasteiger partial charge is 0.290 e. The molecule has 3 rings (SSSR count). The fourth-order valence-electron chi connectivity index (χ4n) is 4.83. The van der Waals surface area contributed by atoms with Crippen molar-refractivity contribution in [1.29, 1.82) is 5.26 Å². The summed E-state index contributed by atoms with van der Waals surface area (Å²) in [6.45, 7) is 10.2. The Morgan fingerprint density at radius 3 is 2.38 bits per heavy atom. The largest absolute Gasteiger partial charge is 0.391 e. The summed E-state index contributed by atoms with van der Waals surface area (Å²) in [6, 6.07) is 11.9. The number of hydrogen-bond donors (Lipinski definition) is 4. The lowest BCUT2D eigenvalue weighted by Gasteiger charge is -2.25. The number of carbonyl (C=O) groups is 4. The lowest BCUT2D eigenvalue weighted by Crippen LogP contribution is -2.57. The van der Waals surface area contributed by atoms with Gasteiger partial charge in [0, 0.05) is 36.8 Å². The fourth-order valence-corrected chi connectivity index (χ4v) is 4.83. The van der Waals surface area contributed by atoms with E-state index >= 15 is 0 Å². The van der Waals surface area contributed by atoms with Crippen LogP contribution in [0.5, 0.6) is 0 Å². The molecule has 48 heavy (non-hydrogen) atoms. The van der Waals surface area contributed by atoms with Gasteiger partial charge in [-0.25, -0.2) is 4.39 Å². The zero-order valence-corrected chi connectivity index (χ0v) is 27.8. The number of hydrogen-bond acceptors (Lipinski definition) is 8. The van der Waals surface area contributed by atoms with Crippen LogP contribution in [-0.2, 0) is 27.3 Å². The first-order valence-electron chi connectivity index (χ1n) is 15.5.